The van der Waals surface area contributed by atoms with Gasteiger partial charge in [0.25, 0.3) is 5.69 Å². The summed E-state index contributed by atoms with van der Waals surface area (Å²) in [4.78, 5) is 24.0. The number of nitro benzene ring substituents is 1. The van der Waals surface area contributed by atoms with Gasteiger partial charge < -0.3 is 13.9 Å². The number of nitro groups is 1. The first-order chi connectivity index (χ1) is 15.4. The third-order valence-electron chi connectivity index (χ3n) is 5.09. The average Bonchev–Trinajstić information content (AvgIpc) is 3.45. The van der Waals surface area contributed by atoms with Crippen LogP contribution < -0.4 is 9.47 Å². The Morgan fingerprint density at radius 1 is 1.19 bits per heavy atom. The number of ether oxygens (including phenoxy) is 2. The van der Waals surface area contributed by atoms with E-state index in [4.69, 9.17) is 13.9 Å². The van der Waals surface area contributed by atoms with Crippen LogP contribution in [0.15, 0.2) is 68.8 Å². The van der Waals surface area contributed by atoms with E-state index in [0.29, 0.717) is 39.4 Å². The van der Waals surface area contributed by atoms with Crippen molar-refractivity contribution >= 4 is 33.2 Å². The number of hydrazone groups is 1. The minimum atomic E-state index is -0.562. The highest BCUT2D eigenvalue weighted by Gasteiger charge is 2.36. The molecule has 1 atom stereocenters. The van der Waals surface area contributed by atoms with Crippen molar-refractivity contribution in [1.29, 1.82) is 0 Å². The molecule has 2 heterocycles. The molecule has 0 bridgehead atoms. The SMILES string of the molecule is COc1ccc(C2=NN(C(=O)c3ccc(Br)o3)[C@H](c3cccc([N+](=O)[O-])c3)C2)c(OC)c1. The van der Waals surface area contributed by atoms with Crippen molar-refractivity contribution in [2.45, 2.75) is 12.5 Å². The second-order valence-corrected chi connectivity index (χ2v) is 7.72. The zero-order chi connectivity index (χ0) is 22.8. The summed E-state index contributed by atoms with van der Waals surface area (Å²) in [5, 5.41) is 17.2. The maximum atomic E-state index is 13.2. The van der Waals surface area contributed by atoms with Crippen molar-refractivity contribution in [3.63, 3.8) is 0 Å². The summed E-state index contributed by atoms with van der Waals surface area (Å²) in [6, 6.07) is 14.1. The van der Waals surface area contributed by atoms with Crippen molar-refractivity contribution in [2.75, 3.05) is 14.2 Å². The van der Waals surface area contributed by atoms with Crippen LogP contribution in [-0.4, -0.2) is 35.8 Å². The average molecular weight is 500 g/mol. The van der Waals surface area contributed by atoms with E-state index in [-0.39, 0.29) is 11.4 Å². The lowest BCUT2D eigenvalue weighted by atomic mass is 9.97. The zero-order valence-corrected chi connectivity index (χ0v) is 18.7. The minimum absolute atomic E-state index is 0.0638. The molecule has 1 aliphatic heterocycles. The summed E-state index contributed by atoms with van der Waals surface area (Å²) in [7, 11) is 3.09. The minimum Gasteiger partial charge on any atom is -0.497 e. The highest BCUT2D eigenvalue weighted by atomic mass is 79.9. The van der Waals surface area contributed by atoms with Gasteiger partial charge in [0, 0.05) is 30.2 Å². The van der Waals surface area contributed by atoms with Crippen molar-refractivity contribution in [2.24, 2.45) is 5.10 Å². The van der Waals surface area contributed by atoms with Gasteiger partial charge in [0.2, 0.25) is 0 Å². The molecule has 0 saturated carbocycles. The summed E-state index contributed by atoms with van der Waals surface area (Å²) >= 11 is 3.20. The smallest absolute Gasteiger partial charge is 0.310 e. The Hall–Kier alpha value is -3.66. The topological polar surface area (TPSA) is 107 Å². The molecule has 0 spiro atoms. The van der Waals surface area contributed by atoms with Gasteiger partial charge in [0.15, 0.2) is 10.4 Å². The number of halogens is 1. The molecule has 0 fully saturated rings. The molecular formula is C22H18BrN3O6. The Bertz CT molecular complexity index is 1220. The first kappa shape index (κ1) is 21.6. The fraction of sp³-hybridized carbons (Fsp3) is 0.182. The lowest BCUT2D eigenvalue weighted by Gasteiger charge is -2.21. The molecule has 10 heteroatoms. The molecule has 1 amide bonds. The first-order valence-electron chi connectivity index (χ1n) is 9.54. The Morgan fingerprint density at radius 3 is 2.66 bits per heavy atom. The Morgan fingerprint density at radius 2 is 2.00 bits per heavy atom. The molecule has 32 heavy (non-hydrogen) atoms. The summed E-state index contributed by atoms with van der Waals surface area (Å²) in [5.74, 6) is 0.789. The van der Waals surface area contributed by atoms with Crippen LogP contribution in [0, 0.1) is 10.1 Å². The van der Waals surface area contributed by atoms with Crippen molar-refractivity contribution in [3.8, 4) is 11.5 Å². The summed E-state index contributed by atoms with van der Waals surface area (Å²) < 4.78 is 16.6. The zero-order valence-electron chi connectivity index (χ0n) is 17.1. The van der Waals surface area contributed by atoms with Gasteiger partial charge in [-0.2, -0.15) is 5.10 Å². The number of nitrogens with zero attached hydrogens (tertiary/aromatic N) is 3. The standard InChI is InChI=1S/C22H18BrN3O6/c1-30-15-6-7-16(20(11-15)31-2)17-12-18(13-4-3-5-14(10-13)26(28)29)25(24-17)22(27)19-8-9-21(23)32-19/h3-11,18H,12H2,1-2H3/t18-/m0/s1. The number of methoxy groups -OCH3 is 2. The third kappa shape index (κ3) is 4.09. The molecule has 164 valence electrons. The molecule has 0 radical (unpaired) electrons. The van der Waals surface area contributed by atoms with Crippen LogP contribution in [0.25, 0.3) is 0 Å². The van der Waals surface area contributed by atoms with Crippen LogP contribution in [-0.2, 0) is 0 Å². The fourth-order valence-corrected chi connectivity index (χ4v) is 3.85. The number of hydrogen-bond acceptors (Lipinski definition) is 7. The number of furan rings is 1. The van der Waals surface area contributed by atoms with Gasteiger partial charge in [-0.05, 0) is 45.8 Å². The molecule has 0 aliphatic carbocycles. The van der Waals surface area contributed by atoms with E-state index in [1.54, 1.807) is 49.6 Å². The van der Waals surface area contributed by atoms with E-state index in [0.717, 1.165) is 0 Å². The van der Waals surface area contributed by atoms with Crippen LogP contribution in [0.2, 0.25) is 0 Å². The van der Waals surface area contributed by atoms with E-state index in [1.165, 1.54) is 24.3 Å². The predicted molar refractivity (Wildman–Crippen MR) is 119 cm³/mol. The van der Waals surface area contributed by atoms with Crippen LogP contribution in [0.3, 0.4) is 0 Å². The molecule has 0 saturated heterocycles. The van der Waals surface area contributed by atoms with Crippen LogP contribution in [0.5, 0.6) is 11.5 Å². The van der Waals surface area contributed by atoms with Gasteiger partial charge in [-0.25, -0.2) is 5.01 Å². The number of benzene rings is 2. The summed E-state index contributed by atoms with van der Waals surface area (Å²) in [5.41, 5.74) is 1.81. The van der Waals surface area contributed by atoms with Crippen molar-refractivity contribution < 1.29 is 23.6 Å². The normalized spacial score (nSPS) is 15.4. The van der Waals surface area contributed by atoms with Gasteiger partial charge >= 0.3 is 5.91 Å². The number of carbonyl (C=O) groups is 1. The highest BCUT2D eigenvalue weighted by molar-refractivity contribution is 9.10. The Kier molecular flexibility index (Phi) is 5.95. The molecule has 3 aromatic rings. The number of carbonyl (C=O) groups excluding carboxylic acids is 1. The van der Waals surface area contributed by atoms with Crippen LogP contribution in [0.1, 0.15) is 34.1 Å². The van der Waals surface area contributed by atoms with Gasteiger partial charge in [-0.1, -0.05) is 12.1 Å². The summed E-state index contributed by atoms with van der Waals surface area (Å²) in [6.07, 6.45) is 0.331. The Labute approximate surface area is 191 Å². The van der Waals surface area contributed by atoms with E-state index in [1.807, 2.05) is 0 Å². The maximum Gasteiger partial charge on any atom is 0.310 e. The van der Waals surface area contributed by atoms with Gasteiger partial charge in [0.05, 0.1) is 30.9 Å². The van der Waals surface area contributed by atoms with Gasteiger partial charge in [-0.3, -0.25) is 14.9 Å². The monoisotopic (exact) mass is 499 g/mol. The molecule has 9 nitrogen and oxygen atoms in total. The van der Waals surface area contributed by atoms with E-state index in [2.05, 4.69) is 21.0 Å². The number of non-ortho nitro benzene ring substituents is 1. The van der Waals surface area contributed by atoms with Crippen LogP contribution in [0.4, 0.5) is 5.69 Å². The molecule has 0 N–H and O–H groups in total. The van der Waals surface area contributed by atoms with E-state index in [9.17, 15) is 14.9 Å². The molecule has 0 unspecified atom stereocenters. The molecule has 1 aliphatic rings. The van der Waals surface area contributed by atoms with E-state index < -0.39 is 16.9 Å². The molecular weight excluding hydrogens is 482 g/mol. The molecule has 2 aromatic carbocycles. The second kappa shape index (κ2) is 8.83. The largest absolute Gasteiger partial charge is 0.497 e. The highest BCUT2D eigenvalue weighted by Crippen LogP contribution is 2.38. The Balaban J connectivity index is 1.78. The number of amides is 1. The molecule has 1 aromatic heterocycles. The van der Waals surface area contributed by atoms with Crippen molar-refractivity contribution in [1.82, 2.24) is 5.01 Å². The number of hydrogen-bond donors (Lipinski definition) is 0. The molecule has 4 rings (SSSR count). The van der Waals surface area contributed by atoms with E-state index >= 15 is 0 Å². The van der Waals surface area contributed by atoms with Crippen molar-refractivity contribution in [3.05, 3.63) is 86.3 Å². The predicted octanol–water partition coefficient (Wildman–Crippen LogP) is 4.96. The lowest BCUT2D eigenvalue weighted by molar-refractivity contribution is -0.384. The second-order valence-electron chi connectivity index (χ2n) is 6.94. The van der Waals surface area contributed by atoms with Crippen LogP contribution >= 0.6 is 15.9 Å². The number of rotatable bonds is 6. The van der Waals surface area contributed by atoms with Gasteiger partial charge in [0.1, 0.15) is 11.5 Å². The first-order valence-corrected chi connectivity index (χ1v) is 10.3. The fourth-order valence-electron chi connectivity index (χ4n) is 3.54. The van der Waals surface area contributed by atoms with Gasteiger partial charge in [-0.15, -0.1) is 0 Å². The maximum absolute atomic E-state index is 13.2. The third-order valence-corrected chi connectivity index (χ3v) is 5.51. The quantitative estimate of drug-likeness (QED) is 0.350. The lowest BCUT2D eigenvalue weighted by Crippen LogP contribution is -2.26. The summed E-state index contributed by atoms with van der Waals surface area (Å²) in [6.45, 7) is 0.